The third-order valence-electron chi connectivity index (χ3n) is 12.5. The van der Waals surface area contributed by atoms with E-state index in [4.69, 9.17) is 36.3 Å². The number of aromatic nitrogens is 6. The molecule has 1 spiro atoms. The number of nitrogens with one attached hydrogen (secondary N) is 1. The molecule has 15 heteroatoms. The van der Waals surface area contributed by atoms with Crippen molar-refractivity contribution < 1.29 is 14.3 Å². The minimum atomic E-state index is -0.204. The van der Waals surface area contributed by atoms with E-state index in [2.05, 4.69) is 68.1 Å². The predicted molar refractivity (Wildman–Crippen MR) is 226 cm³/mol. The first-order chi connectivity index (χ1) is 28.6. The molecule has 304 valence electrons. The summed E-state index contributed by atoms with van der Waals surface area (Å²) < 4.78 is 14.5. The van der Waals surface area contributed by atoms with E-state index in [1.807, 2.05) is 25.3 Å². The first kappa shape index (κ1) is 39.1. The number of ether oxygens (including phenoxy) is 2. The van der Waals surface area contributed by atoms with E-state index < -0.39 is 0 Å². The van der Waals surface area contributed by atoms with E-state index in [1.54, 1.807) is 35.6 Å². The number of pyridine rings is 1. The summed E-state index contributed by atoms with van der Waals surface area (Å²) in [7, 11) is 0. The normalized spacial score (nSPS) is 23.6. The Labute approximate surface area is 352 Å². The maximum Gasteiger partial charge on any atom is 0.272 e. The molecule has 2 aliphatic heterocycles. The summed E-state index contributed by atoms with van der Waals surface area (Å²) in [5.74, 6) is 4.07. The van der Waals surface area contributed by atoms with Gasteiger partial charge in [-0.3, -0.25) is 14.4 Å². The number of aryl methyl sites for hydroxylation is 2. The van der Waals surface area contributed by atoms with E-state index in [9.17, 15) is 4.79 Å². The van der Waals surface area contributed by atoms with Crippen LogP contribution in [-0.2, 0) is 0 Å². The van der Waals surface area contributed by atoms with E-state index in [1.165, 1.54) is 16.9 Å². The maximum atomic E-state index is 13.1. The summed E-state index contributed by atoms with van der Waals surface area (Å²) in [4.78, 5) is 26.6. The van der Waals surface area contributed by atoms with Crippen molar-refractivity contribution in [2.75, 3.05) is 24.6 Å². The molecule has 1 saturated heterocycles. The lowest BCUT2D eigenvalue weighted by atomic mass is 9.58. The topological polar surface area (TPSA) is 156 Å². The van der Waals surface area contributed by atoms with E-state index in [0.717, 1.165) is 97.3 Å². The van der Waals surface area contributed by atoms with Crippen LogP contribution >= 0.6 is 22.9 Å². The third-order valence-corrected chi connectivity index (χ3v) is 14.0. The first-order valence-corrected chi connectivity index (χ1v) is 21.7. The third kappa shape index (κ3) is 7.78. The van der Waals surface area contributed by atoms with Crippen LogP contribution in [0.2, 0.25) is 5.02 Å². The van der Waals surface area contributed by atoms with Gasteiger partial charge in [0.1, 0.15) is 28.7 Å². The van der Waals surface area contributed by atoms with Crippen LogP contribution < -0.4 is 19.7 Å². The molecule has 2 aliphatic carbocycles. The Balaban J connectivity index is 0.747. The second-order valence-corrected chi connectivity index (χ2v) is 18.3. The average Bonchev–Trinajstić information content (AvgIpc) is 3.72. The summed E-state index contributed by atoms with van der Waals surface area (Å²) in [6, 6.07) is 14.8. The number of nitriles is 1. The number of hydrogen-bond acceptors (Lipinski definition) is 12. The fraction of sp³-hybridized carbons (Fsp3) is 0.455. The average molecular weight is 831 g/mol. The molecule has 1 atom stereocenters. The monoisotopic (exact) mass is 830 g/mol. The zero-order chi connectivity index (χ0) is 40.8. The van der Waals surface area contributed by atoms with Crippen molar-refractivity contribution in [2.24, 2.45) is 16.3 Å². The summed E-state index contributed by atoms with van der Waals surface area (Å²) in [5, 5.41) is 31.4. The van der Waals surface area contributed by atoms with Crippen LogP contribution in [0.3, 0.4) is 0 Å². The van der Waals surface area contributed by atoms with Gasteiger partial charge in [-0.25, -0.2) is 4.98 Å². The highest BCUT2D eigenvalue weighted by molar-refractivity contribution is 7.15. The predicted octanol–water partition coefficient (Wildman–Crippen LogP) is 8.07. The minimum absolute atomic E-state index is 0.0324. The number of hydrogen-bond donors (Lipinski definition) is 1. The number of carbonyl (C=O) groups excluding carboxylic acids is 1. The van der Waals surface area contributed by atoms with Gasteiger partial charge in [0.25, 0.3) is 5.91 Å². The highest BCUT2D eigenvalue weighted by Crippen LogP contribution is 2.51. The standard InChI is InChI=1S/C44H47ClN10O3S/c1-25-27(3)59-43-39(25)40(48-26(2)41-53-50-28(4)55(41)43)31-7-15-38(47-22-31)57-23-29-19-44(20-29)16-5-17-54(24-44)37-14-13-36(51-52-37)42(56)49-32-8-11-33(12-9-32)58-34-10-6-30(21-46)35(45)18-34/h6-7,10,13-15,18,22,26,29,32-33H,5,8-9,11-12,16-17,19-20,23-24H2,1-4H3,(H,49,56)/t26-,29?,32?,33?,44?/m0/s1. The fourth-order valence-electron chi connectivity index (χ4n) is 9.36. The Morgan fingerprint density at radius 2 is 1.88 bits per heavy atom. The van der Waals surface area contributed by atoms with Crippen molar-refractivity contribution in [1.82, 2.24) is 35.3 Å². The van der Waals surface area contributed by atoms with Gasteiger partial charge < -0.3 is 19.7 Å². The van der Waals surface area contributed by atoms with Crippen LogP contribution in [0, 0.1) is 43.4 Å². The molecule has 6 heterocycles. The second kappa shape index (κ2) is 16.0. The van der Waals surface area contributed by atoms with Gasteiger partial charge in [-0.1, -0.05) is 11.6 Å². The van der Waals surface area contributed by atoms with Crippen LogP contribution in [0.1, 0.15) is 114 Å². The number of carbonyl (C=O) groups is 1. The summed E-state index contributed by atoms with van der Waals surface area (Å²) in [6.45, 7) is 10.9. The number of anilines is 1. The molecule has 3 fully saturated rings. The Hall–Kier alpha value is -5.39. The highest BCUT2D eigenvalue weighted by atomic mass is 35.5. The first-order valence-electron chi connectivity index (χ1n) is 20.5. The molecule has 0 unspecified atom stereocenters. The Morgan fingerprint density at radius 3 is 2.61 bits per heavy atom. The lowest BCUT2D eigenvalue weighted by Gasteiger charge is -2.53. The summed E-state index contributed by atoms with van der Waals surface area (Å²) in [6.07, 6.45) is 9.61. The molecule has 13 nitrogen and oxygen atoms in total. The summed E-state index contributed by atoms with van der Waals surface area (Å²) >= 11 is 7.92. The molecule has 0 radical (unpaired) electrons. The molecule has 4 aliphatic rings. The van der Waals surface area contributed by atoms with Crippen molar-refractivity contribution in [3.8, 4) is 22.7 Å². The molecular weight excluding hydrogens is 784 g/mol. The number of thiophene rings is 1. The van der Waals surface area contributed by atoms with Gasteiger partial charge in [-0.05, 0) is 126 Å². The van der Waals surface area contributed by atoms with Crippen molar-refractivity contribution in [2.45, 2.75) is 97.2 Å². The SMILES string of the molecule is Cc1sc2c(c1C)C(c1ccc(OCC3CC4(CCCN(c5ccc(C(=O)NC6CCC(Oc7ccc(C#N)c(Cl)c7)CC6)nn5)C4)C3)nc1)=N[C@@H](C)c1nnc(C)n1-2. The van der Waals surface area contributed by atoms with Crippen LogP contribution in [0.25, 0.3) is 5.00 Å². The number of amides is 1. The zero-order valence-corrected chi connectivity index (χ0v) is 35.3. The van der Waals surface area contributed by atoms with Crippen molar-refractivity contribution in [3.05, 3.63) is 98.2 Å². The number of fused-ring (bicyclic) bond motifs is 3. The Morgan fingerprint density at radius 1 is 1.05 bits per heavy atom. The molecule has 0 bridgehead atoms. The van der Waals surface area contributed by atoms with E-state index in [0.29, 0.717) is 40.4 Å². The number of benzene rings is 1. The van der Waals surface area contributed by atoms with Crippen molar-refractivity contribution >= 4 is 40.4 Å². The quantitative estimate of drug-likeness (QED) is 0.154. The maximum absolute atomic E-state index is 13.1. The molecule has 1 aromatic carbocycles. The largest absolute Gasteiger partial charge is 0.490 e. The van der Waals surface area contributed by atoms with Crippen molar-refractivity contribution in [3.63, 3.8) is 0 Å². The zero-order valence-electron chi connectivity index (χ0n) is 33.7. The molecule has 1 N–H and O–H groups in total. The van der Waals surface area contributed by atoms with Gasteiger partial charge in [0.05, 0.1) is 29.0 Å². The Kier molecular flexibility index (Phi) is 10.6. The van der Waals surface area contributed by atoms with Crippen LogP contribution in [0.15, 0.2) is 53.7 Å². The van der Waals surface area contributed by atoms with Gasteiger partial charge in [-0.2, -0.15) is 5.26 Å². The number of nitrogens with zero attached hydrogens (tertiary/aromatic N) is 9. The number of halogens is 1. The number of piperidine rings is 1. The van der Waals surface area contributed by atoms with Gasteiger partial charge in [0, 0.05) is 53.5 Å². The van der Waals surface area contributed by atoms with Gasteiger partial charge in [0.15, 0.2) is 17.3 Å². The molecule has 1 amide bonds. The second-order valence-electron chi connectivity index (χ2n) is 16.6. The van der Waals surface area contributed by atoms with E-state index in [-0.39, 0.29) is 29.5 Å². The van der Waals surface area contributed by atoms with Crippen LogP contribution in [0.4, 0.5) is 5.82 Å². The lowest BCUT2D eigenvalue weighted by molar-refractivity contribution is 0.0103. The van der Waals surface area contributed by atoms with Crippen LogP contribution in [0.5, 0.6) is 11.6 Å². The van der Waals surface area contributed by atoms with Gasteiger partial charge >= 0.3 is 0 Å². The Bertz CT molecular complexity index is 2440. The fourth-order valence-corrected chi connectivity index (χ4v) is 10.8. The van der Waals surface area contributed by atoms with E-state index >= 15 is 0 Å². The minimum Gasteiger partial charge on any atom is -0.490 e. The van der Waals surface area contributed by atoms with Gasteiger partial charge in [-0.15, -0.1) is 31.7 Å². The molecule has 4 aromatic heterocycles. The lowest BCUT2D eigenvalue weighted by Crippen LogP contribution is -2.51. The molecular formula is C44H47ClN10O3S. The van der Waals surface area contributed by atoms with Crippen LogP contribution in [-0.4, -0.2) is 73.4 Å². The summed E-state index contributed by atoms with van der Waals surface area (Å²) in [5.41, 5.74) is 5.22. The number of rotatable bonds is 9. The number of aliphatic imine (C=N–C) groups is 1. The molecule has 5 aromatic rings. The molecule has 59 heavy (non-hydrogen) atoms. The molecule has 9 rings (SSSR count). The highest BCUT2D eigenvalue weighted by Gasteiger charge is 2.47. The van der Waals surface area contributed by atoms with Crippen molar-refractivity contribution in [1.29, 1.82) is 5.26 Å². The molecule has 2 saturated carbocycles. The smallest absolute Gasteiger partial charge is 0.272 e. The van der Waals surface area contributed by atoms with Gasteiger partial charge in [0.2, 0.25) is 5.88 Å².